The second-order valence-corrected chi connectivity index (χ2v) is 5.02. The van der Waals surface area contributed by atoms with Crippen molar-refractivity contribution in [3.63, 3.8) is 0 Å². The molecule has 0 saturated carbocycles. The fourth-order valence-electron chi connectivity index (χ4n) is 2.35. The van der Waals surface area contributed by atoms with E-state index in [2.05, 4.69) is 4.90 Å². The van der Waals surface area contributed by atoms with Gasteiger partial charge in [0.05, 0.1) is 13.0 Å². The van der Waals surface area contributed by atoms with Gasteiger partial charge < -0.3 is 4.90 Å². The van der Waals surface area contributed by atoms with Gasteiger partial charge in [-0.2, -0.15) is 0 Å². The number of Topliss-reactive ketones (excluding diaryl/α,β-unsaturated/α-hetero) is 1. The number of rotatable bonds is 4. The van der Waals surface area contributed by atoms with Crippen molar-refractivity contribution in [2.45, 2.75) is 13.3 Å². The van der Waals surface area contributed by atoms with E-state index < -0.39 is 0 Å². The van der Waals surface area contributed by atoms with Crippen molar-refractivity contribution < 1.29 is 9.59 Å². The lowest BCUT2D eigenvalue weighted by atomic mass is 10.1. The molecule has 1 heterocycles. The van der Waals surface area contributed by atoms with Gasteiger partial charge in [0, 0.05) is 26.2 Å². The van der Waals surface area contributed by atoms with Crippen LogP contribution in [0.2, 0.25) is 0 Å². The average Bonchev–Trinajstić information content (AvgIpc) is 2.40. The highest BCUT2D eigenvalue weighted by atomic mass is 16.2. The molecule has 1 amide bonds. The van der Waals surface area contributed by atoms with Gasteiger partial charge >= 0.3 is 0 Å². The molecule has 0 bridgehead atoms. The number of amides is 1. The van der Waals surface area contributed by atoms with Gasteiger partial charge in [-0.1, -0.05) is 30.3 Å². The summed E-state index contributed by atoms with van der Waals surface area (Å²) in [7, 11) is 0. The molecule has 1 aromatic rings. The number of nitrogens with zero attached hydrogens (tertiary/aromatic N) is 2. The van der Waals surface area contributed by atoms with Crippen molar-refractivity contribution in [3.05, 3.63) is 35.9 Å². The highest BCUT2D eigenvalue weighted by Gasteiger charge is 2.21. The van der Waals surface area contributed by atoms with Crippen molar-refractivity contribution in [3.8, 4) is 0 Å². The molecule has 1 saturated heterocycles. The molecule has 0 spiro atoms. The van der Waals surface area contributed by atoms with Gasteiger partial charge in [-0.05, 0) is 12.5 Å². The summed E-state index contributed by atoms with van der Waals surface area (Å²) < 4.78 is 0. The largest absolute Gasteiger partial charge is 0.340 e. The molecule has 0 aromatic heterocycles. The minimum absolute atomic E-state index is 0.175. The van der Waals surface area contributed by atoms with Crippen LogP contribution in [-0.4, -0.2) is 54.2 Å². The molecular weight excluding hydrogens is 240 g/mol. The second-order valence-electron chi connectivity index (χ2n) is 5.02. The predicted octanol–water partition coefficient (Wildman–Crippen LogP) is 0.962. The third-order valence-corrected chi connectivity index (χ3v) is 3.37. The maximum absolute atomic E-state index is 12.1. The number of ketones is 1. The Kier molecular flexibility index (Phi) is 4.68. The summed E-state index contributed by atoms with van der Waals surface area (Å²) in [4.78, 5) is 27.2. The SMILES string of the molecule is CC(=O)CN1CCN(C(=O)Cc2ccccc2)CC1. The molecule has 4 nitrogen and oxygen atoms in total. The van der Waals surface area contributed by atoms with Crippen LogP contribution in [0.5, 0.6) is 0 Å². The average molecular weight is 260 g/mol. The van der Waals surface area contributed by atoms with Gasteiger partial charge in [-0.3, -0.25) is 14.5 Å². The van der Waals surface area contributed by atoms with Gasteiger partial charge in [0.2, 0.25) is 5.91 Å². The zero-order chi connectivity index (χ0) is 13.7. The maximum atomic E-state index is 12.1. The molecule has 0 radical (unpaired) electrons. The van der Waals surface area contributed by atoms with E-state index in [0.29, 0.717) is 13.0 Å². The smallest absolute Gasteiger partial charge is 0.227 e. The zero-order valence-electron chi connectivity index (χ0n) is 11.3. The van der Waals surface area contributed by atoms with Gasteiger partial charge in [0.1, 0.15) is 5.78 Å². The summed E-state index contributed by atoms with van der Waals surface area (Å²) in [5.74, 6) is 0.359. The minimum Gasteiger partial charge on any atom is -0.340 e. The number of benzene rings is 1. The van der Waals surface area contributed by atoms with Gasteiger partial charge in [-0.25, -0.2) is 0 Å². The molecule has 1 aliphatic heterocycles. The van der Waals surface area contributed by atoms with Crippen molar-refractivity contribution in [1.29, 1.82) is 0 Å². The summed E-state index contributed by atoms with van der Waals surface area (Å²) in [6.07, 6.45) is 0.466. The molecule has 0 unspecified atom stereocenters. The number of piperazine rings is 1. The molecule has 1 aromatic carbocycles. The Morgan fingerprint density at radius 1 is 1.05 bits per heavy atom. The Morgan fingerprint density at radius 2 is 1.68 bits per heavy atom. The van der Waals surface area contributed by atoms with E-state index in [1.54, 1.807) is 6.92 Å². The van der Waals surface area contributed by atoms with Crippen LogP contribution >= 0.6 is 0 Å². The normalized spacial score (nSPS) is 16.4. The molecule has 2 rings (SSSR count). The van der Waals surface area contributed by atoms with E-state index in [1.807, 2.05) is 35.2 Å². The third-order valence-electron chi connectivity index (χ3n) is 3.37. The molecule has 4 heteroatoms. The molecule has 0 N–H and O–H groups in total. The Hall–Kier alpha value is -1.68. The van der Waals surface area contributed by atoms with Crippen LogP contribution in [0.3, 0.4) is 0 Å². The number of carbonyl (C=O) groups is 2. The Labute approximate surface area is 114 Å². The molecule has 19 heavy (non-hydrogen) atoms. The number of hydrogen-bond acceptors (Lipinski definition) is 3. The topological polar surface area (TPSA) is 40.6 Å². The summed E-state index contributed by atoms with van der Waals surface area (Å²) in [6.45, 7) is 5.13. The van der Waals surface area contributed by atoms with Crippen LogP contribution in [0.25, 0.3) is 0 Å². The summed E-state index contributed by atoms with van der Waals surface area (Å²) in [5.41, 5.74) is 1.05. The summed E-state index contributed by atoms with van der Waals surface area (Å²) in [5, 5.41) is 0. The van der Waals surface area contributed by atoms with Gasteiger partial charge in [0.15, 0.2) is 0 Å². The van der Waals surface area contributed by atoms with Crippen molar-refractivity contribution >= 4 is 11.7 Å². The van der Waals surface area contributed by atoms with Crippen LogP contribution in [0, 0.1) is 0 Å². The fourth-order valence-corrected chi connectivity index (χ4v) is 2.35. The van der Waals surface area contributed by atoms with E-state index in [9.17, 15) is 9.59 Å². The predicted molar refractivity (Wildman–Crippen MR) is 73.8 cm³/mol. The quantitative estimate of drug-likeness (QED) is 0.809. The van der Waals surface area contributed by atoms with Crippen molar-refractivity contribution in [1.82, 2.24) is 9.80 Å². The standard InChI is InChI=1S/C15H20N2O2/c1-13(18)12-16-7-9-17(10-8-16)15(19)11-14-5-3-2-4-6-14/h2-6H,7-12H2,1H3. The van der Waals surface area contributed by atoms with Gasteiger partial charge in [0.25, 0.3) is 0 Å². The van der Waals surface area contributed by atoms with E-state index in [-0.39, 0.29) is 11.7 Å². The molecule has 0 atom stereocenters. The van der Waals surface area contributed by atoms with Gasteiger partial charge in [-0.15, -0.1) is 0 Å². The van der Waals surface area contributed by atoms with Crippen LogP contribution in [0.15, 0.2) is 30.3 Å². The molecule has 102 valence electrons. The molecule has 1 fully saturated rings. The molecule has 1 aliphatic rings. The minimum atomic E-state index is 0.175. The molecular formula is C15H20N2O2. The second kappa shape index (κ2) is 6.48. The number of hydrogen-bond donors (Lipinski definition) is 0. The van der Waals surface area contributed by atoms with Crippen LogP contribution < -0.4 is 0 Å². The first kappa shape index (κ1) is 13.7. The Balaban J connectivity index is 1.81. The first-order valence-electron chi connectivity index (χ1n) is 6.68. The Bertz CT molecular complexity index is 437. The van der Waals surface area contributed by atoms with Crippen LogP contribution in [0.1, 0.15) is 12.5 Å². The monoisotopic (exact) mass is 260 g/mol. The third kappa shape index (κ3) is 4.17. The highest BCUT2D eigenvalue weighted by molar-refractivity contribution is 5.79. The number of carbonyl (C=O) groups excluding carboxylic acids is 2. The van der Waals surface area contributed by atoms with E-state index in [0.717, 1.165) is 31.7 Å². The van der Waals surface area contributed by atoms with E-state index >= 15 is 0 Å². The lowest BCUT2D eigenvalue weighted by Crippen LogP contribution is -2.50. The van der Waals surface area contributed by atoms with Crippen molar-refractivity contribution in [2.24, 2.45) is 0 Å². The lowest BCUT2D eigenvalue weighted by Gasteiger charge is -2.34. The van der Waals surface area contributed by atoms with E-state index in [4.69, 9.17) is 0 Å². The lowest BCUT2D eigenvalue weighted by molar-refractivity contribution is -0.132. The maximum Gasteiger partial charge on any atom is 0.227 e. The first-order chi connectivity index (χ1) is 9.15. The Morgan fingerprint density at radius 3 is 2.26 bits per heavy atom. The van der Waals surface area contributed by atoms with Crippen LogP contribution in [0.4, 0.5) is 0 Å². The summed E-state index contributed by atoms with van der Waals surface area (Å²) in [6, 6.07) is 9.81. The highest BCUT2D eigenvalue weighted by Crippen LogP contribution is 2.06. The van der Waals surface area contributed by atoms with Crippen LogP contribution in [-0.2, 0) is 16.0 Å². The first-order valence-corrected chi connectivity index (χ1v) is 6.68. The fraction of sp³-hybridized carbons (Fsp3) is 0.467. The summed E-state index contributed by atoms with van der Waals surface area (Å²) >= 11 is 0. The zero-order valence-corrected chi connectivity index (χ0v) is 11.3. The molecule has 0 aliphatic carbocycles. The van der Waals surface area contributed by atoms with Crippen molar-refractivity contribution in [2.75, 3.05) is 32.7 Å². The van der Waals surface area contributed by atoms with E-state index in [1.165, 1.54) is 0 Å².